The minimum atomic E-state index is 0.236. The van der Waals surface area contributed by atoms with Crippen molar-refractivity contribution in [3.63, 3.8) is 0 Å². The molecule has 21 heavy (non-hydrogen) atoms. The van der Waals surface area contributed by atoms with Gasteiger partial charge < -0.3 is 5.73 Å². The Bertz CT molecular complexity index is 871. The Morgan fingerprint density at radius 3 is 2.71 bits per heavy atom. The van der Waals surface area contributed by atoms with Crippen LogP contribution < -0.4 is 5.73 Å². The number of carbonyl (C=O) groups excluding carboxylic acids is 1. The Balaban J connectivity index is 2.20. The van der Waals surface area contributed by atoms with E-state index in [1.165, 1.54) is 4.68 Å². The van der Waals surface area contributed by atoms with Crippen LogP contribution >= 0.6 is 0 Å². The molecule has 3 aromatic rings. The minimum Gasteiger partial charge on any atom is -0.383 e. The number of hydrogen-bond donors (Lipinski definition) is 1. The third kappa shape index (κ3) is 2.15. The first-order valence-electron chi connectivity index (χ1n) is 6.48. The maximum absolute atomic E-state index is 11.3. The highest BCUT2D eigenvalue weighted by Crippen LogP contribution is 2.28. The number of fused-ring (bicyclic) bond motifs is 1. The first-order valence-corrected chi connectivity index (χ1v) is 6.48. The molecule has 0 saturated heterocycles. The smallest absolute Gasteiger partial charge is 0.156 e. The summed E-state index contributed by atoms with van der Waals surface area (Å²) in [5, 5.41) is 6.58. The molecule has 4 heteroatoms. The molecule has 0 unspecified atom stereocenters. The Morgan fingerprint density at radius 2 is 2.00 bits per heavy atom. The van der Waals surface area contributed by atoms with E-state index in [1.54, 1.807) is 0 Å². The Kier molecular flexibility index (Phi) is 3.17. The molecule has 0 aliphatic heterocycles. The zero-order chi connectivity index (χ0) is 14.8. The highest BCUT2D eigenvalue weighted by Gasteiger charge is 2.16. The molecule has 0 radical (unpaired) electrons. The number of anilines is 1. The minimum absolute atomic E-state index is 0.236. The fourth-order valence-electron chi connectivity index (χ4n) is 2.36. The number of benzene rings is 2. The van der Waals surface area contributed by atoms with Crippen molar-refractivity contribution in [1.82, 2.24) is 9.78 Å². The molecule has 0 amide bonds. The van der Waals surface area contributed by atoms with Crippen LogP contribution in [0.5, 0.6) is 0 Å². The quantitative estimate of drug-likeness (QED) is 0.590. The molecule has 2 N–H and O–H groups in total. The van der Waals surface area contributed by atoms with Gasteiger partial charge in [-0.2, -0.15) is 5.10 Å². The number of rotatable bonds is 3. The highest BCUT2D eigenvalue weighted by molar-refractivity contribution is 5.94. The fraction of sp³-hybridized carbons (Fsp3) is 0.0588. The molecular weight excluding hydrogens is 262 g/mol. The number of nitrogens with two attached hydrogens (primary N) is 1. The number of nitrogens with zero attached hydrogens (tertiary/aromatic N) is 2. The maximum Gasteiger partial charge on any atom is 0.156 e. The molecule has 0 atom stereocenters. The number of nitrogen functional groups attached to an aromatic ring is 1. The normalized spacial score (nSPS) is 10.4. The standard InChI is InChI=1S/C17H13N3O/c1-2-9-20-17(18)15(11-21)16(19-20)14-8-7-12-5-3-4-6-13(12)10-14/h1,3-8,10-11H,9,18H2. The lowest BCUT2D eigenvalue weighted by atomic mass is 10.0. The van der Waals surface area contributed by atoms with Crippen LogP contribution in [0.3, 0.4) is 0 Å². The van der Waals surface area contributed by atoms with E-state index in [1.807, 2.05) is 42.5 Å². The lowest BCUT2D eigenvalue weighted by molar-refractivity contribution is 0.112. The zero-order valence-electron chi connectivity index (χ0n) is 11.3. The second-order valence-electron chi connectivity index (χ2n) is 4.69. The van der Waals surface area contributed by atoms with Gasteiger partial charge in [-0.25, -0.2) is 4.68 Å². The van der Waals surface area contributed by atoms with Gasteiger partial charge in [-0.15, -0.1) is 6.42 Å². The summed E-state index contributed by atoms with van der Waals surface area (Å²) in [6.45, 7) is 0.236. The largest absolute Gasteiger partial charge is 0.383 e. The van der Waals surface area contributed by atoms with Gasteiger partial charge in [-0.05, 0) is 16.8 Å². The summed E-state index contributed by atoms with van der Waals surface area (Å²) < 4.78 is 1.47. The molecule has 0 fully saturated rings. The first-order chi connectivity index (χ1) is 10.2. The van der Waals surface area contributed by atoms with Crippen LogP contribution in [0.1, 0.15) is 10.4 Å². The van der Waals surface area contributed by atoms with E-state index in [0.717, 1.165) is 22.6 Å². The first kappa shape index (κ1) is 12.9. The van der Waals surface area contributed by atoms with E-state index < -0.39 is 0 Å². The van der Waals surface area contributed by atoms with E-state index in [2.05, 4.69) is 11.0 Å². The third-order valence-corrected chi connectivity index (χ3v) is 3.41. The van der Waals surface area contributed by atoms with Gasteiger partial charge in [-0.1, -0.05) is 42.3 Å². The van der Waals surface area contributed by atoms with Crippen molar-refractivity contribution < 1.29 is 4.79 Å². The van der Waals surface area contributed by atoms with Crippen LogP contribution in [-0.4, -0.2) is 16.1 Å². The van der Waals surface area contributed by atoms with Crippen LogP contribution in [0.15, 0.2) is 42.5 Å². The van der Waals surface area contributed by atoms with Crippen molar-refractivity contribution in [2.24, 2.45) is 0 Å². The van der Waals surface area contributed by atoms with Crippen molar-refractivity contribution in [1.29, 1.82) is 0 Å². The van der Waals surface area contributed by atoms with Gasteiger partial charge in [0.25, 0.3) is 0 Å². The summed E-state index contributed by atoms with van der Waals surface area (Å²) in [6, 6.07) is 13.9. The Hall–Kier alpha value is -3.06. The van der Waals surface area contributed by atoms with Crippen molar-refractivity contribution >= 4 is 22.9 Å². The number of carbonyl (C=O) groups is 1. The van der Waals surface area contributed by atoms with E-state index >= 15 is 0 Å². The van der Waals surface area contributed by atoms with E-state index in [-0.39, 0.29) is 6.54 Å². The second kappa shape index (κ2) is 5.14. The number of hydrogen-bond acceptors (Lipinski definition) is 3. The van der Waals surface area contributed by atoms with Gasteiger partial charge in [0.2, 0.25) is 0 Å². The Morgan fingerprint density at radius 1 is 1.24 bits per heavy atom. The predicted octanol–water partition coefficient (Wildman–Crippen LogP) is 2.73. The van der Waals surface area contributed by atoms with E-state index in [9.17, 15) is 4.79 Å². The summed E-state index contributed by atoms with van der Waals surface area (Å²) in [5.74, 6) is 2.77. The summed E-state index contributed by atoms with van der Waals surface area (Å²) in [4.78, 5) is 11.3. The Labute approximate surface area is 122 Å². The van der Waals surface area contributed by atoms with Crippen LogP contribution in [0.2, 0.25) is 0 Å². The predicted molar refractivity (Wildman–Crippen MR) is 83.8 cm³/mol. The maximum atomic E-state index is 11.3. The van der Waals surface area contributed by atoms with Crippen molar-refractivity contribution in [3.8, 4) is 23.6 Å². The zero-order valence-corrected chi connectivity index (χ0v) is 11.3. The molecule has 2 aromatic carbocycles. The molecule has 1 heterocycles. The van der Waals surface area contributed by atoms with Crippen LogP contribution in [0, 0.1) is 12.3 Å². The number of terminal acetylenes is 1. The second-order valence-corrected chi connectivity index (χ2v) is 4.69. The highest BCUT2D eigenvalue weighted by atomic mass is 16.1. The van der Waals surface area contributed by atoms with Gasteiger partial charge in [0.05, 0.1) is 5.56 Å². The average Bonchev–Trinajstić information content (AvgIpc) is 2.83. The summed E-state index contributed by atoms with van der Waals surface area (Å²) in [5.41, 5.74) is 7.70. The van der Waals surface area contributed by atoms with Gasteiger partial charge >= 0.3 is 0 Å². The SMILES string of the molecule is C#CCn1nc(-c2ccc3ccccc3c2)c(C=O)c1N. The monoisotopic (exact) mass is 275 g/mol. The van der Waals surface area contributed by atoms with Crippen LogP contribution in [-0.2, 0) is 6.54 Å². The van der Waals surface area contributed by atoms with Crippen molar-refractivity contribution in [2.75, 3.05) is 5.73 Å². The fourth-order valence-corrected chi connectivity index (χ4v) is 2.36. The summed E-state index contributed by atoms with van der Waals surface area (Å²) in [7, 11) is 0. The topological polar surface area (TPSA) is 60.9 Å². The molecule has 4 nitrogen and oxygen atoms in total. The number of aldehydes is 1. The molecule has 102 valence electrons. The van der Waals surface area contributed by atoms with Gasteiger partial charge in [0, 0.05) is 5.56 Å². The lowest BCUT2D eigenvalue weighted by Gasteiger charge is -2.01. The van der Waals surface area contributed by atoms with Crippen molar-refractivity contribution in [3.05, 3.63) is 48.0 Å². The summed E-state index contributed by atoms with van der Waals surface area (Å²) >= 11 is 0. The van der Waals surface area contributed by atoms with E-state index in [4.69, 9.17) is 12.2 Å². The molecule has 0 aliphatic rings. The molecule has 1 aromatic heterocycles. The summed E-state index contributed by atoms with van der Waals surface area (Å²) in [6.07, 6.45) is 6.01. The van der Waals surface area contributed by atoms with Gasteiger partial charge in [0.15, 0.2) is 6.29 Å². The molecular formula is C17H13N3O. The molecule has 0 saturated carbocycles. The molecule has 0 bridgehead atoms. The molecule has 0 spiro atoms. The van der Waals surface area contributed by atoms with Crippen LogP contribution in [0.25, 0.3) is 22.0 Å². The molecule has 0 aliphatic carbocycles. The molecule has 3 rings (SSSR count). The van der Waals surface area contributed by atoms with E-state index in [0.29, 0.717) is 17.1 Å². The van der Waals surface area contributed by atoms with Gasteiger partial charge in [-0.3, -0.25) is 4.79 Å². The average molecular weight is 275 g/mol. The third-order valence-electron chi connectivity index (χ3n) is 3.41. The number of aromatic nitrogens is 2. The van der Waals surface area contributed by atoms with Crippen molar-refractivity contribution in [2.45, 2.75) is 6.54 Å². The lowest BCUT2D eigenvalue weighted by Crippen LogP contribution is -2.03. The van der Waals surface area contributed by atoms with Crippen LogP contribution in [0.4, 0.5) is 5.82 Å². The van der Waals surface area contributed by atoms with Gasteiger partial charge in [0.1, 0.15) is 18.1 Å².